The summed E-state index contributed by atoms with van der Waals surface area (Å²) in [6.07, 6.45) is 4.58. The SMILES string of the molecule is NCc1nn2c(c1-c1ccc3c(c1)CCO3)CCCC2. The van der Waals surface area contributed by atoms with Crippen molar-refractivity contribution in [3.8, 4) is 16.9 Å². The van der Waals surface area contributed by atoms with Crippen LogP contribution in [-0.4, -0.2) is 16.4 Å². The Morgan fingerprint density at radius 2 is 2.20 bits per heavy atom. The molecule has 4 nitrogen and oxygen atoms in total. The number of hydrogen-bond acceptors (Lipinski definition) is 3. The van der Waals surface area contributed by atoms with Gasteiger partial charge in [-0.25, -0.2) is 0 Å². The largest absolute Gasteiger partial charge is 0.493 e. The van der Waals surface area contributed by atoms with E-state index in [1.807, 2.05) is 0 Å². The van der Waals surface area contributed by atoms with Crippen LogP contribution >= 0.6 is 0 Å². The van der Waals surface area contributed by atoms with Crippen LogP contribution in [0.3, 0.4) is 0 Å². The molecule has 104 valence electrons. The Kier molecular flexibility index (Phi) is 2.77. The van der Waals surface area contributed by atoms with Crippen molar-refractivity contribution in [1.29, 1.82) is 0 Å². The summed E-state index contributed by atoms with van der Waals surface area (Å²) in [6.45, 7) is 2.33. The van der Waals surface area contributed by atoms with Crippen LogP contribution in [-0.2, 0) is 25.9 Å². The maximum atomic E-state index is 5.91. The molecule has 0 amide bonds. The second-order valence-corrected chi connectivity index (χ2v) is 5.57. The molecule has 2 aromatic rings. The molecule has 0 unspecified atom stereocenters. The van der Waals surface area contributed by atoms with Gasteiger partial charge in [-0.1, -0.05) is 6.07 Å². The lowest BCUT2D eigenvalue weighted by Crippen LogP contribution is -2.11. The molecule has 2 aliphatic heterocycles. The minimum atomic E-state index is 0.503. The third-order valence-electron chi connectivity index (χ3n) is 4.34. The lowest BCUT2D eigenvalue weighted by Gasteiger charge is -2.15. The highest BCUT2D eigenvalue weighted by molar-refractivity contribution is 5.71. The van der Waals surface area contributed by atoms with Gasteiger partial charge in [-0.2, -0.15) is 5.10 Å². The van der Waals surface area contributed by atoms with E-state index in [9.17, 15) is 0 Å². The third-order valence-corrected chi connectivity index (χ3v) is 4.34. The summed E-state index contributed by atoms with van der Waals surface area (Å²) >= 11 is 0. The Bertz CT molecular complexity index is 660. The molecule has 20 heavy (non-hydrogen) atoms. The number of rotatable bonds is 2. The monoisotopic (exact) mass is 269 g/mol. The predicted octanol–water partition coefficient (Wildman–Crippen LogP) is 2.28. The first kappa shape index (κ1) is 12.0. The number of ether oxygens (including phenoxy) is 1. The minimum Gasteiger partial charge on any atom is -0.493 e. The Morgan fingerprint density at radius 1 is 1.25 bits per heavy atom. The van der Waals surface area contributed by atoms with E-state index < -0.39 is 0 Å². The molecular formula is C16H19N3O. The molecule has 2 N–H and O–H groups in total. The van der Waals surface area contributed by atoms with Crippen molar-refractivity contribution >= 4 is 0 Å². The van der Waals surface area contributed by atoms with Gasteiger partial charge in [0.15, 0.2) is 0 Å². The van der Waals surface area contributed by atoms with Crippen LogP contribution in [0.25, 0.3) is 11.1 Å². The van der Waals surface area contributed by atoms with Gasteiger partial charge in [0.25, 0.3) is 0 Å². The first-order valence-electron chi connectivity index (χ1n) is 7.41. The average molecular weight is 269 g/mol. The van der Waals surface area contributed by atoms with Gasteiger partial charge in [0, 0.05) is 30.8 Å². The van der Waals surface area contributed by atoms with Crippen LogP contribution in [0.2, 0.25) is 0 Å². The molecule has 4 heteroatoms. The molecule has 0 saturated heterocycles. The summed E-state index contributed by atoms with van der Waals surface area (Å²) in [5.74, 6) is 1.03. The van der Waals surface area contributed by atoms with Gasteiger partial charge < -0.3 is 10.5 Å². The fraction of sp³-hybridized carbons (Fsp3) is 0.438. The average Bonchev–Trinajstić information content (AvgIpc) is 3.09. The highest BCUT2D eigenvalue weighted by atomic mass is 16.5. The molecule has 0 fully saturated rings. The van der Waals surface area contributed by atoms with Crippen molar-refractivity contribution in [1.82, 2.24) is 9.78 Å². The van der Waals surface area contributed by atoms with E-state index in [0.29, 0.717) is 6.54 Å². The van der Waals surface area contributed by atoms with E-state index in [0.717, 1.165) is 37.4 Å². The van der Waals surface area contributed by atoms with Crippen molar-refractivity contribution in [3.63, 3.8) is 0 Å². The normalized spacial score (nSPS) is 16.6. The van der Waals surface area contributed by atoms with E-state index in [1.54, 1.807) is 0 Å². The molecule has 0 radical (unpaired) electrons. The van der Waals surface area contributed by atoms with Crippen LogP contribution in [0.15, 0.2) is 18.2 Å². The van der Waals surface area contributed by atoms with Crippen LogP contribution in [0.5, 0.6) is 5.75 Å². The number of nitrogens with zero attached hydrogens (tertiary/aromatic N) is 2. The summed E-state index contributed by atoms with van der Waals surface area (Å²) in [4.78, 5) is 0. The summed E-state index contributed by atoms with van der Waals surface area (Å²) < 4.78 is 7.75. The molecule has 0 spiro atoms. The minimum absolute atomic E-state index is 0.503. The van der Waals surface area contributed by atoms with E-state index in [4.69, 9.17) is 15.6 Å². The summed E-state index contributed by atoms with van der Waals surface area (Å²) in [5.41, 5.74) is 12.1. The predicted molar refractivity (Wildman–Crippen MR) is 77.7 cm³/mol. The maximum absolute atomic E-state index is 5.91. The maximum Gasteiger partial charge on any atom is 0.122 e. The summed E-state index contributed by atoms with van der Waals surface area (Å²) in [5, 5.41) is 4.70. The second kappa shape index (κ2) is 4.63. The first-order chi connectivity index (χ1) is 9.86. The van der Waals surface area contributed by atoms with Crippen LogP contribution < -0.4 is 10.5 Å². The molecule has 0 saturated carbocycles. The lowest BCUT2D eigenvalue weighted by molar-refractivity contribution is 0.357. The van der Waals surface area contributed by atoms with Crippen molar-refractivity contribution < 1.29 is 4.74 Å². The van der Waals surface area contributed by atoms with Crippen molar-refractivity contribution in [2.24, 2.45) is 5.73 Å². The number of hydrogen-bond donors (Lipinski definition) is 1. The zero-order valence-electron chi connectivity index (χ0n) is 11.6. The zero-order valence-corrected chi connectivity index (χ0v) is 11.6. The molecule has 0 bridgehead atoms. The van der Waals surface area contributed by atoms with E-state index in [2.05, 4.69) is 22.9 Å². The summed E-state index contributed by atoms with van der Waals surface area (Å²) in [6, 6.07) is 6.49. The van der Waals surface area contributed by atoms with Gasteiger partial charge in [0.05, 0.1) is 12.3 Å². The molecule has 1 aromatic heterocycles. The van der Waals surface area contributed by atoms with Gasteiger partial charge in [-0.05, 0) is 42.5 Å². The van der Waals surface area contributed by atoms with Gasteiger partial charge in [0.1, 0.15) is 5.75 Å². The Labute approximate surface area is 118 Å². The number of fused-ring (bicyclic) bond motifs is 2. The van der Waals surface area contributed by atoms with Gasteiger partial charge >= 0.3 is 0 Å². The van der Waals surface area contributed by atoms with Crippen LogP contribution in [0.1, 0.15) is 29.8 Å². The zero-order chi connectivity index (χ0) is 13.5. The summed E-state index contributed by atoms with van der Waals surface area (Å²) in [7, 11) is 0. The van der Waals surface area contributed by atoms with E-state index in [1.165, 1.54) is 35.2 Å². The number of aryl methyl sites for hydroxylation is 1. The van der Waals surface area contributed by atoms with Crippen molar-refractivity contribution in [3.05, 3.63) is 35.2 Å². The number of benzene rings is 1. The second-order valence-electron chi connectivity index (χ2n) is 5.57. The molecule has 2 aliphatic rings. The standard InChI is InChI=1S/C16H19N3O/c17-10-13-16(14-3-1-2-7-19(14)18-13)12-4-5-15-11(9-12)6-8-20-15/h4-5,9H,1-3,6-8,10,17H2. The van der Waals surface area contributed by atoms with Gasteiger partial charge in [-0.15, -0.1) is 0 Å². The Morgan fingerprint density at radius 3 is 3.10 bits per heavy atom. The first-order valence-corrected chi connectivity index (χ1v) is 7.41. The van der Waals surface area contributed by atoms with Gasteiger partial charge in [-0.3, -0.25) is 4.68 Å². The highest BCUT2D eigenvalue weighted by Crippen LogP contribution is 2.35. The fourth-order valence-corrected chi connectivity index (χ4v) is 3.36. The number of nitrogens with two attached hydrogens (primary N) is 1. The van der Waals surface area contributed by atoms with Gasteiger partial charge in [0.2, 0.25) is 0 Å². The third kappa shape index (κ3) is 1.75. The van der Waals surface area contributed by atoms with Crippen LogP contribution in [0, 0.1) is 0 Å². The molecule has 0 atom stereocenters. The van der Waals surface area contributed by atoms with Crippen molar-refractivity contribution in [2.45, 2.75) is 38.8 Å². The molecule has 3 heterocycles. The smallest absolute Gasteiger partial charge is 0.122 e. The molecule has 0 aliphatic carbocycles. The fourth-order valence-electron chi connectivity index (χ4n) is 3.36. The number of aromatic nitrogens is 2. The van der Waals surface area contributed by atoms with Crippen LogP contribution in [0.4, 0.5) is 0 Å². The molecular weight excluding hydrogens is 250 g/mol. The molecule has 1 aromatic carbocycles. The molecule has 4 rings (SSSR count). The quantitative estimate of drug-likeness (QED) is 0.910. The lowest BCUT2D eigenvalue weighted by atomic mass is 9.96. The Balaban J connectivity index is 1.87. The Hall–Kier alpha value is -1.81. The van der Waals surface area contributed by atoms with E-state index >= 15 is 0 Å². The van der Waals surface area contributed by atoms with Crippen molar-refractivity contribution in [2.75, 3.05) is 6.61 Å². The van der Waals surface area contributed by atoms with E-state index in [-0.39, 0.29) is 0 Å². The highest BCUT2D eigenvalue weighted by Gasteiger charge is 2.22. The topological polar surface area (TPSA) is 53.1 Å².